The first-order chi connectivity index (χ1) is 8.84. The fourth-order valence-electron chi connectivity index (χ4n) is 2.00. The van der Waals surface area contributed by atoms with Crippen LogP contribution in [0.2, 0.25) is 0 Å². The zero-order valence-electron chi connectivity index (χ0n) is 9.84. The van der Waals surface area contributed by atoms with E-state index < -0.39 is 0 Å². The van der Waals surface area contributed by atoms with Crippen molar-refractivity contribution >= 4 is 28.2 Å². The van der Waals surface area contributed by atoms with Crippen LogP contribution in [0.3, 0.4) is 0 Å². The van der Waals surface area contributed by atoms with E-state index in [0.29, 0.717) is 0 Å². The van der Waals surface area contributed by atoms with Crippen LogP contribution in [0.25, 0.3) is 10.8 Å². The van der Waals surface area contributed by atoms with Gasteiger partial charge < -0.3 is 5.73 Å². The molecule has 1 nitrogen and oxygen atoms in total. The number of nitrogen functional groups attached to an aromatic ring is 1. The van der Waals surface area contributed by atoms with Gasteiger partial charge in [0.1, 0.15) is 0 Å². The highest BCUT2D eigenvalue weighted by atomic mass is 32.2. The van der Waals surface area contributed by atoms with Gasteiger partial charge in [0.05, 0.1) is 0 Å². The lowest BCUT2D eigenvalue weighted by molar-refractivity contribution is 1.44. The van der Waals surface area contributed by atoms with Crippen molar-refractivity contribution in [2.45, 2.75) is 9.79 Å². The Morgan fingerprint density at radius 1 is 0.667 bits per heavy atom. The molecular weight excluding hydrogens is 238 g/mol. The maximum atomic E-state index is 6.01. The van der Waals surface area contributed by atoms with Gasteiger partial charge in [0.25, 0.3) is 0 Å². The average Bonchev–Trinajstić information content (AvgIpc) is 2.44. The molecule has 0 aliphatic heterocycles. The van der Waals surface area contributed by atoms with Gasteiger partial charge >= 0.3 is 0 Å². The van der Waals surface area contributed by atoms with Crippen LogP contribution < -0.4 is 5.73 Å². The molecule has 0 aromatic heterocycles. The smallest absolute Gasteiger partial charge is 0.0394 e. The summed E-state index contributed by atoms with van der Waals surface area (Å²) >= 11 is 1.77. The zero-order chi connectivity index (χ0) is 12.4. The molecule has 3 aromatic carbocycles. The Kier molecular flexibility index (Phi) is 2.95. The molecule has 3 rings (SSSR count). The minimum atomic E-state index is 0.836. The Morgan fingerprint density at radius 3 is 2.11 bits per heavy atom. The van der Waals surface area contributed by atoms with Crippen molar-refractivity contribution in [2.24, 2.45) is 0 Å². The molecule has 0 saturated carbocycles. The summed E-state index contributed by atoms with van der Waals surface area (Å²) in [7, 11) is 0. The molecule has 0 aliphatic carbocycles. The van der Waals surface area contributed by atoms with E-state index in [-0.39, 0.29) is 0 Å². The Bertz CT molecular complexity index is 677. The van der Waals surface area contributed by atoms with Gasteiger partial charge in [-0.3, -0.25) is 0 Å². The third-order valence-corrected chi connectivity index (χ3v) is 3.97. The predicted octanol–water partition coefficient (Wildman–Crippen LogP) is 4.57. The molecule has 0 radical (unpaired) electrons. The van der Waals surface area contributed by atoms with E-state index in [1.165, 1.54) is 15.2 Å². The first-order valence-corrected chi connectivity index (χ1v) is 6.66. The summed E-state index contributed by atoms with van der Waals surface area (Å²) in [5.41, 5.74) is 6.85. The third kappa shape index (κ3) is 2.07. The number of rotatable bonds is 2. The maximum Gasteiger partial charge on any atom is 0.0394 e. The quantitative estimate of drug-likeness (QED) is 0.675. The fourth-order valence-corrected chi connectivity index (χ4v) is 2.97. The highest BCUT2D eigenvalue weighted by Crippen LogP contribution is 2.35. The second kappa shape index (κ2) is 4.75. The molecule has 0 saturated heterocycles. The molecule has 18 heavy (non-hydrogen) atoms. The van der Waals surface area contributed by atoms with Gasteiger partial charge in [-0.1, -0.05) is 54.2 Å². The predicted molar refractivity (Wildman–Crippen MR) is 78.9 cm³/mol. The van der Waals surface area contributed by atoms with Gasteiger partial charge in [0.15, 0.2) is 0 Å². The molecular formula is C16H13NS. The second-order valence-corrected chi connectivity index (χ2v) is 5.23. The molecule has 0 spiro atoms. The zero-order valence-corrected chi connectivity index (χ0v) is 10.7. The monoisotopic (exact) mass is 251 g/mol. The average molecular weight is 251 g/mol. The minimum Gasteiger partial charge on any atom is -0.398 e. The molecule has 0 atom stereocenters. The molecule has 88 valence electrons. The number of benzene rings is 3. The summed E-state index contributed by atoms with van der Waals surface area (Å²) in [5.74, 6) is 0. The van der Waals surface area contributed by atoms with Crippen molar-refractivity contribution in [1.29, 1.82) is 0 Å². The van der Waals surface area contributed by atoms with Crippen molar-refractivity contribution in [3.63, 3.8) is 0 Å². The lowest BCUT2D eigenvalue weighted by Crippen LogP contribution is -1.87. The fraction of sp³-hybridized carbons (Fsp3) is 0. The van der Waals surface area contributed by atoms with E-state index >= 15 is 0 Å². The van der Waals surface area contributed by atoms with Crippen molar-refractivity contribution in [2.75, 3.05) is 5.73 Å². The molecule has 0 bridgehead atoms. The molecule has 0 unspecified atom stereocenters. The topological polar surface area (TPSA) is 26.0 Å². The van der Waals surface area contributed by atoms with Gasteiger partial charge in [-0.15, -0.1) is 0 Å². The van der Waals surface area contributed by atoms with Crippen LogP contribution in [0.4, 0.5) is 5.69 Å². The van der Waals surface area contributed by atoms with E-state index in [1.54, 1.807) is 11.8 Å². The first-order valence-electron chi connectivity index (χ1n) is 5.85. The molecule has 2 heteroatoms. The highest BCUT2D eigenvalue weighted by molar-refractivity contribution is 7.99. The lowest BCUT2D eigenvalue weighted by atomic mass is 10.1. The first kappa shape index (κ1) is 11.2. The molecule has 2 N–H and O–H groups in total. The van der Waals surface area contributed by atoms with E-state index in [2.05, 4.69) is 48.5 Å². The molecule has 0 heterocycles. The minimum absolute atomic E-state index is 0.836. The summed E-state index contributed by atoms with van der Waals surface area (Å²) in [6.45, 7) is 0. The van der Waals surface area contributed by atoms with Crippen LogP contribution in [0.5, 0.6) is 0 Å². The molecule has 0 aliphatic rings. The molecule has 3 aromatic rings. The molecule has 0 fully saturated rings. The summed E-state index contributed by atoms with van der Waals surface area (Å²) in [6.07, 6.45) is 0. The Morgan fingerprint density at radius 2 is 1.33 bits per heavy atom. The number of nitrogens with two attached hydrogens (primary N) is 1. The van der Waals surface area contributed by atoms with Crippen molar-refractivity contribution in [3.8, 4) is 0 Å². The number of hydrogen-bond donors (Lipinski definition) is 1. The van der Waals surface area contributed by atoms with Crippen LogP contribution in [-0.4, -0.2) is 0 Å². The van der Waals surface area contributed by atoms with Crippen molar-refractivity contribution in [1.82, 2.24) is 0 Å². The van der Waals surface area contributed by atoms with Gasteiger partial charge in [-0.25, -0.2) is 0 Å². The van der Waals surface area contributed by atoms with Crippen LogP contribution in [0.15, 0.2) is 76.5 Å². The van der Waals surface area contributed by atoms with E-state index in [0.717, 1.165) is 11.1 Å². The number of fused-ring (bicyclic) bond motifs is 1. The number of hydrogen-bond acceptors (Lipinski definition) is 2. The van der Waals surface area contributed by atoms with E-state index in [9.17, 15) is 0 Å². The second-order valence-electron chi connectivity index (χ2n) is 4.11. The summed E-state index contributed by atoms with van der Waals surface area (Å²) < 4.78 is 0. The van der Waals surface area contributed by atoms with Gasteiger partial charge in [-0.05, 0) is 29.7 Å². The Balaban J connectivity index is 2.10. The van der Waals surface area contributed by atoms with Gasteiger partial charge in [-0.2, -0.15) is 0 Å². The lowest BCUT2D eigenvalue weighted by Gasteiger charge is -2.08. The molecule has 0 amide bonds. The highest BCUT2D eigenvalue weighted by Gasteiger charge is 2.04. The summed E-state index contributed by atoms with van der Waals surface area (Å²) in [6, 6.07) is 22.7. The third-order valence-electron chi connectivity index (χ3n) is 2.89. The van der Waals surface area contributed by atoms with Crippen LogP contribution >= 0.6 is 11.8 Å². The number of anilines is 1. The standard InChI is InChI=1S/C16H13NS/c17-15-10-11-16(14-9-5-4-8-13(14)15)18-12-6-2-1-3-7-12/h1-11H,17H2. The van der Waals surface area contributed by atoms with Crippen molar-refractivity contribution < 1.29 is 0 Å². The normalized spacial score (nSPS) is 10.7. The van der Waals surface area contributed by atoms with Crippen molar-refractivity contribution in [3.05, 3.63) is 66.7 Å². The Hall–Kier alpha value is -1.93. The largest absolute Gasteiger partial charge is 0.398 e. The van der Waals surface area contributed by atoms with Gasteiger partial charge in [0, 0.05) is 20.9 Å². The summed E-state index contributed by atoms with van der Waals surface area (Å²) in [4.78, 5) is 2.48. The van der Waals surface area contributed by atoms with Crippen LogP contribution in [0, 0.1) is 0 Å². The van der Waals surface area contributed by atoms with E-state index in [1.807, 2.05) is 18.2 Å². The van der Waals surface area contributed by atoms with Crippen LogP contribution in [-0.2, 0) is 0 Å². The van der Waals surface area contributed by atoms with Crippen LogP contribution in [0.1, 0.15) is 0 Å². The SMILES string of the molecule is Nc1ccc(Sc2ccccc2)c2ccccc12. The summed E-state index contributed by atoms with van der Waals surface area (Å²) in [5, 5.41) is 2.34. The van der Waals surface area contributed by atoms with E-state index in [4.69, 9.17) is 5.73 Å². The van der Waals surface area contributed by atoms with Gasteiger partial charge in [0.2, 0.25) is 0 Å². The Labute approximate surface area is 111 Å². The maximum absolute atomic E-state index is 6.01.